The molecule has 0 N–H and O–H groups in total. The predicted molar refractivity (Wildman–Crippen MR) is 105 cm³/mol. The van der Waals surface area contributed by atoms with E-state index in [2.05, 4.69) is 29.5 Å². The second-order valence-electron chi connectivity index (χ2n) is 7.01. The van der Waals surface area contributed by atoms with Crippen LogP contribution in [0.4, 0.5) is 5.69 Å². The first kappa shape index (κ1) is 18.2. The SMILES string of the molecule is COC(=O)c1sc(I)cc1N(C(=O)[C@H]1CC[C@H](C)CC1)C1CCC1. The first-order valence-corrected chi connectivity index (χ1v) is 10.6. The summed E-state index contributed by atoms with van der Waals surface area (Å²) < 4.78 is 5.95. The molecule has 4 nitrogen and oxygen atoms in total. The first-order valence-electron chi connectivity index (χ1n) is 8.72. The Bertz CT molecular complexity index is 618. The average Bonchev–Trinajstić information content (AvgIpc) is 2.91. The van der Waals surface area contributed by atoms with Crippen molar-refractivity contribution in [3.63, 3.8) is 0 Å². The number of hydrogen-bond acceptors (Lipinski definition) is 4. The number of esters is 1. The van der Waals surface area contributed by atoms with E-state index in [-0.39, 0.29) is 23.8 Å². The van der Waals surface area contributed by atoms with Crippen LogP contribution in [0.1, 0.15) is 61.5 Å². The minimum Gasteiger partial charge on any atom is -0.465 e. The Morgan fingerprint density at radius 1 is 1.21 bits per heavy atom. The van der Waals surface area contributed by atoms with Crippen LogP contribution in [-0.4, -0.2) is 25.0 Å². The second kappa shape index (κ2) is 7.72. The van der Waals surface area contributed by atoms with Gasteiger partial charge in [0.2, 0.25) is 5.91 Å². The van der Waals surface area contributed by atoms with E-state index < -0.39 is 0 Å². The van der Waals surface area contributed by atoms with Gasteiger partial charge in [0, 0.05) is 12.0 Å². The van der Waals surface area contributed by atoms with Crippen LogP contribution in [0.15, 0.2) is 6.07 Å². The van der Waals surface area contributed by atoms with Crippen molar-refractivity contribution in [1.29, 1.82) is 0 Å². The molecule has 2 aliphatic rings. The molecule has 0 aliphatic heterocycles. The van der Waals surface area contributed by atoms with Gasteiger partial charge in [-0.05, 0) is 79.5 Å². The van der Waals surface area contributed by atoms with Crippen molar-refractivity contribution in [2.75, 3.05) is 12.0 Å². The maximum absolute atomic E-state index is 13.3. The number of nitrogens with zero attached hydrogens (tertiary/aromatic N) is 1. The second-order valence-corrected chi connectivity index (χ2v) is 9.95. The third-order valence-electron chi connectivity index (χ3n) is 5.36. The fraction of sp³-hybridized carbons (Fsp3) is 0.667. The molecule has 0 saturated heterocycles. The summed E-state index contributed by atoms with van der Waals surface area (Å²) in [5, 5.41) is 0. The van der Waals surface area contributed by atoms with Crippen molar-refractivity contribution >= 4 is 51.5 Å². The Morgan fingerprint density at radius 2 is 1.88 bits per heavy atom. The van der Waals surface area contributed by atoms with Gasteiger partial charge >= 0.3 is 5.97 Å². The van der Waals surface area contributed by atoms with Gasteiger partial charge in [-0.3, -0.25) is 4.79 Å². The molecular weight excluding hydrogens is 437 g/mol. The number of ether oxygens (including phenoxy) is 1. The lowest BCUT2D eigenvalue weighted by Crippen LogP contribution is -2.48. The summed E-state index contributed by atoms with van der Waals surface area (Å²) in [7, 11) is 1.40. The van der Waals surface area contributed by atoms with E-state index in [4.69, 9.17) is 4.74 Å². The van der Waals surface area contributed by atoms with E-state index in [1.807, 2.05) is 11.0 Å². The lowest BCUT2D eigenvalue weighted by Gasteiger charge is -2.40. The van der Waals surface area contributed by atoms with Crippen LogP contribution in [0.3, 0.4) is 0 Å². The highest BCUT2D eigenvalue weighted by Gasteiger charge is 2.37. The predicted octanol–water partition coefficient (Wildman–Crippen LogP) is 4.85. The van der Waals surface area contributed by atoms with E-state index in [1.165, 1.54) is 18.4 Å². The number of halogens is 1. The smallest absolute Gasteiger partial charge is 0.350 e. The van der Waals surface area contributed by atoms with Crippen molar-refractivity contribution < 1.29 is 14.3 Å². The van der Waals surface area contributed by atoms with Crippen LogP contribution in [0, 0.1) is 14.7 Å². The molecule has 1 aromatic heterocycles. The lowest BCUT2D eigenvalue weighted by atomic mass is 9.81. The van der Waals surface area contributed by atoms with Gasteiger partial charge in [-0.2, -0.15) is 0 Å². The molecule has 2 aliphatic carbocycles. The van der Waals surface area contributed by atoms with Crippen molar-refractivity contribution in [1.82, 2.24) is 0 Å². The molecule has 0 spiro atoms. The quantitative estimate of drug-likeness (QED) is 0.476. The van der Waals surface area contributed by atoms with E-state index in [0.29, 0.717) is 4.88 Å². The number of methoxy groups -OCH3 is 1. The van der Waals surface area contributed by atoms with Crippen LogP contribution in [0.2, 0.25) is 0 Å². The normalized spacial score (nSPS) is 24.3. The first-order chi connectivity index (χ1) is 11.5. The zero-order chi connectivity index (χ0) is 17.3. The summed E-state index contributed by atoms with van der Waals surface area (Å²) in [5.74, 6) is 0.696. The van der Waals surface area contributed by atoms with E-state index >= 15 is 0 Å². The molecule has 3 rings (SSSR count). The summed E-state index contributed by atoms with van der Waals surface area (Å²) in [6.07, 6.45) is 7.41. The van der Waals surface area contributed by atoms with Gasteiger partial charge in [0.15, 0.2) is 0 Å². The van der Waals surface area contributed by atoms with Gasteiger partial charge in [-0.1, -0.05) is 6.92 Å². The van der Waals surface area contributed by atoms with Crippen molar-refractivity contribution in [3.05, 3.63) is 13.8 Å². The average molecular weight is 461 g/mol. The summed E-state index contributed by atoms with van der Waals surface area (Å²) in [6.45, 7) is 2.26. The number of carbonyl (C=O) groups is 2. The lowest BCUT2D eigenvalue weighted by molar-refractivity contribution is -0.124. The Hall–Kier alpha value is -0.630. The number of rotatable bonds is 4. The molecular formula is C18H24INO3S. The molecule has 24 heavy (non-hydrogen) atoms. The molecule has 0 radical (unpaired) electrons. The number of carbonyl (C=O) groups excluding carboxylic acids is 2. The van der Waals surface area contributed by atoms with Crippen LogP contribution in [0.25, 0.3) is 0 Å². The number of anilines is 1. The van der Waals surface area contributed by atoms with Crippen LogP contribution in [-0.2, 0) is 9.53 Å². The molecule has 2 saturated carbocycles. The fourth-order valence-corrected chi connectivity index (χ4v) is 5.36. The molecule has 2 fully saturated rings. The Morgan fingerprint density at radius 3 is 2.42 bits per heavy atom. The fourth-order valence-electron chi connectivity index (χ4n) is 3.61. The number of thiophene rings is 1. The largest absolute Gasteiger partial charge is 0.465 e. The highest BCUT2D eigenvalue weighted by molar-refractivity contribution is 14.1. The third kappa shape index (κ3) is 3.64. The Labute approximate surface area is 161 Å². The minimum absolute atomic E-state index is 0.102. The summed E-state index contributed by atoms with van der Waals surface area (Å²) in [5.41, 5.74) is 0.768. The minimum atomic E-state index is -0.340. The highest BCUT2D eigenvalue weighted by atomic mass is 127. The van der Waals surface area contributed by atoms with Crippen LogP contribution < -0.4 is 4.90 Å². The number of amides is 1. The number of hydrogen-bond donors (Lipinski definition) is 0. The zero-order valence-corrected chi connectivity index (χ0v) is 17.2. The van der Waals surface area contributed by atoms with Crippen molar-refractivity contribution in [2.24, 2.45) is 11.8 Å². The summed E-state index contributed by atoms with van der Waals surface area (Å²) in [6, 6.07) is 2.21. The third-order valence-corrected chi connectivity index (χ3v) is 7.22. The van der Waals surface area contributed by atoms with Gasteiger partial charge in [0.1, 0.15) is 4.88 Å². The van der Waals surface area contributed by atoms with E-state index in [0.717, 1.165) is 59.4 Å². The molecule has 0 bridgehead atoms. The topological polar surface area (TPSA) is 46.6 Å². The van der Waals surface area contributed by atoms with Crippen molar-refractivity contribution in [2.45, 2.75) is 57.9 Å². The molecule has 1 aromatic rings. The molecule has 1 amide bonds. The van der Waals surface area contributed by atoms with Gasteiger partial charge in [0.05, 0.1) is 15.7 Å². The molecule has 0 unspecified atom stereocenters. The molecule has 0 aromatic carbocycles. The van der Waals surface area contributed by atoms with Gasteiger partial charge in [-0.25, -0.2) is 4.79 Å². The summed E-state index contributed by atoms with van der Waals surface area (Å²) >= 11 is 3.63. The molecule has 1 heterocycles. The van der Waals surface area contributed by atoms with Crippen LogP contribution in [0.5, 0.6) is 0 Å². The Balaban J connectivity index is 1.90. The Kier molecular flexibility index (Phi) is 5.85. The van der Waals surface area contributed by atoms with E-state index in [9.17, 15) is 9.59 Å². The molecule has 0 atom stereocenters. The summed E-state index contributed by atoms with van der Waals surface area (Å²) in [4.78, 5) is 28.0. The van der Waals surface area contributed by atoms with Gasteiger partial charge in [-0.15, -0.1) is 11.3 Å². The maximum atomic E-state index is 13.3. The molecule has 6 heteroatoms. The highest BCUT2D eigenvalue weighted by Crippen LogP contribution is 2.40. The van der Waals surface area contributed by atoms with Gasteiger partial charge in [0.25, 0.3) is 0 Å². The zero-order valence-electron chi connectivity index (χ0n) is 14.2. The maximum Gasteiger partial charge on any atom is 0.350 e. The van der Waals surface area contributed by atoms with E-state index in [1.54, 1.807) is 0 Å². The standard InChI is InChI=1S/C18H24INO3S/c1-11-6-8-12(9-7-11)17(21)20(13-4-3-5-13)14-10-15(19)24-16(14)18(22)23-2/h10-13H,3-9H2,1-2H3/t11-,12-. The van der Waals surface area contributed by atoms with Gasteiger partial charge < -0.3 is 9.64 Å². The van der Waals surface area contributed by atoms with Crippen molar-refractivity contribution in [3.8, 4) is 0 Å². The van der Waals surface area contributed by atoms with Crippen LogP contribution >= 0.6 is 33.9 Å². The monoisotopic (exact) mass is 461 g/mol. The molecule has 132 valence electrons.